The van der Waals surface area contributed by atoms with Crippen LogP contribution in [0.25, 0.3) is 0 Å². The average molecular weight is 296 g/mol. The van der Waals surface area contributed by atoms with Crippen molar-refractivity contribution in [3.05, 3.63) is 29.3 Å². The molecule has 0 amide bonds. The van der Waals surface area contributed by atoms with Gasteiger partial charge in [0, 0.05) is 19.6 Å². The Kier molecular flexibility index (Phi) is 4.83. The molecule has 20 heavy (non-hydrogen) atoms. The second-order valence-corrected chi connectivity index (χ2v) is 7.29. The third kappa shape index (κ3) is 3.22. The van der Waals surface area contributed by atoms with Gasteiger partial charge in [0.05, 0.1) is 4.90 Å². The summed E-state index contributed by atoms with van der Waals surface area (Å²) < 4.78 is 27.0. The quantitative estimate of drug-likeness (QED) is 0.838. The maximum absolute atomic E-state index is 12.7. The van der Waals surface area contributed by atoms with E-state index in [0.717, 1.165) is 36.9 Å². The van der Waals surface area contributed by atoms with Crippen LogP contribution in [0.2, 0.25) is 0 Å². The summed E-state index contributed by atoms with van der Waals surface area (Å²) in [5, 5.41) is 3.24. The average Bonchev–Trinajstić information content (AvgIpc) is 3.28. The predicted octanol–water partition coefficient (Wildman–Crippen LogP) is 2.14. The Morgan fingerprint density at radius 1 is 1.30 bits per heavy atom. The van der Waals surface area contributed by atoms with Crippen molar-refractivity contribution in [2.24, 2.45) is 0 Å². The van der Waals surface area contributed by atoms with E-state index < -0.39 is 10.0 Å². The third-order valence-corrected chi connectivity index (χ3v) is 5.80. The SMILES string of the molecule is CCNCc1ccc(CC)c(S(=O)(=O)N(C)C2CC2)c1. The molecule has 0 radical (unpaired) electrons. The molecule has 0 saturated heterocycles. The van der Waals surface area contributed by atoms with Crippen molar-refractivity contribution >= 4 is 10.0 Å². The number of rotatable bonds is 7. The maximum Gasteiger partial charge on any atom is 0.243 e. The Morgan fingerprint density at radius 3 is 2.55 bits per heavy atom. The van der Waals surface area contributed by atoms with Crippen LogP contribution in [0, 0.1) is 0 Å². The molecule has 0 spiro atoms. The van der Waals surface area contributed by atoms with E-state index in [1.54, 1.807) is 11.4 Å². The Bertz CT molecular complexity index is 565. The lowest BCUT2D eigenvalue weighted by atomic mass is 10.1. The van der Waals surface area contributed by atoms with Crippen molar-refractivity contribution in [2.75, 3.05) is 13.6 Å². The number of nitrogens with one attached hydrogen (secondary N) is 1. The maximum atomic E-state index is 12.7. The Balaban J connectivity index is 2.36. The van der Waals surface area contributed by atoms with Crippen LogP contribution in [-0.2, 0) is 23.0 Å². The summed E-state index contributed by atoms with van der Waals surface area (Å²) in [5.41, 5.74) is 1.92. The molecule has 0 atom stereocenters. The van der Waals surface area contributed by atoms with Gasteiger partial charge >= 0.3 is 0 Å². The molecule has 4 nitrogen and oxygen atoms in total. The molecule has 0 aromatic heterocycles. The van der Waals surface area contributed by atoms with E-state index in [4.69, 9.17) is 0 Å². The van der Waals surface area contributed by atoms with Crippen molar-refractivity contribution in [3.63, 3.8) is 0 Å². The van der Waals surface area contributed by atoms with E-state index in [-0.39, 0.29) is 6.04 Å². The van der Waals surface area contributed by atoms with Gasteiger partial charge in [0.25, 0.3) is 0 Å². The zero-order valence-corrected chi connectivity index (χ0v) is 13.3. The first-order valence-electron chi connectivity index (χ1n) is 7.31. The Labute approximate surface area is 122 Å². The van der Waals surface area contributed by atoms with Gasteiger partial charge in [0.1, 0.15) is 0 Å². The zero-order valence-electron chi connectivity index (χ0n) is 12.5. The minimum absolute atomic E-state index is 0.196. The highest BCUT2D eigenvalue weighted by molar-refractivity contribution is 7.89. The standard InChI is InChI=1S/C15H24N2O2S/c1-4-13-7-6-12(11-16-5-2)10-15(13)20(18,19)17(3)14-8-9-14/h6-7,10,14,16H,4-5,8-9,11H2,1-3H3. The van der Waals surface area contributed by atoms with Crippen molar-refractivity contribution in [1.82, 2.24) is 9.62 Å². The highest BCUT2D eigenvalue weighted by Crippen LogP contribution is 2.32. The van der Waals surface area contributed by atoms with Crippen LogP contribution in [0.15, 0.2) is 23.1 Å². The van der Waals surface area contributed by atoms with Crippen LogP contribution in [0.4, 0.5) is 0 Å². The second kappa shape index (κ2) is 6.24. The zero-order chi connectivity index (χ0) is 14.8. The van der Waals surface area contributed by atoms with Crippen LogP contribution in [0.3, 0.4) is 0 Å². The molecule has 112 valence electrons. The van der Waals surface area contributed by atoms with E-state index in [2.05, 4.69) is 5.32 Å². The predicted molar refractivity (Wildman–Crippen MR) is 81.2 cm³/mol. The summed E-state index contributed by atoms with van der Waals surface area (Å²) in [6.07, 6.45) is 2.69. The first-order chi connectivity index (χ1) is 9.50. The first kappa shape index (κ1) is 15.5. The smallest absolute Gasteiger partial charge is 0.243 e. The molecule has 1 N–H and O–H groups in total. The lowest BCUT2D eigenvalue weighted by Crippen LogP contribution is -2.30. The lowest BCUT2D eigenvalue weighted by molar-refractivity contribution is 0.463. The van der Waals surface area contributed by atoms with Crippen LogP contribution < -0.4 is 5.32 Å². The summed E-state index contributed by atoms with van der Waals surface area (Å²) in [5.74, 6) is 0. The number of sulfonamides is 1. The fourth-order valence-corrected chi connectivity index (χ4v) is 4.06. The Morgan fingerprint density at radius 2 is 2.00 bits per heavy atom. The van der Waals surface area contributed by atoms with Gasteiger partial charge < -0.3 is 5.32 Å². The number of hydrogen-bond acceptors (Lipinski definition) is 3. The van der Waals surface area contributed by atoms with E-state index >= 15 is 0 Å². The van der Waals surface area contributed by atoms with Gasteiger partial charge in [-0.25, -0.2) is 8.42 Å². The van der Waals surface area contributed by atoms with Crippen LogP contribution in [0.1, 0.15) is 37.8 Å². The van der Waals surface area contributed by atoms with Gasteiger partial charge in [-0.1, -0.05) is 26.0 Å². The molecule has 0 aliphatic heterocycles. The summed E-state index contributed by atoms with van der Waals surface area (Å²) in [7, 11) is -1.66. The Hall–Kier alpha value is -0.910. The third-order valence-electron chi connectivity index (χ3n) is 3.81. The normalized spacial score (nSPS) is 15.8. The molecular formula is C15H24N2O2S. The number of hydrogen-bond donors (Lipinski definition) is 1. The fraction of sp³-hybridized carbons (Fsp3) is 0.600. The minimum atomic E-state index is -3.36. The molecule has 1 aliphatic rings. The molecular weight excluding hydrogens is 272 g/mol. The van der Waals surface area contributed by atoms with Crippen molar-refractivity contribution in [2.45, 2.75) is 50.6 Å². The number of nitrogens with zero attached hydrogens (tertiary/aromatic N) is 1. The van der Waals surface area contributed by atoms with Gasteiger partial charge in [-0.05, 0) is 43.0 Å². The van der Waals surface area contributed by atoms with Crippen LogP contribution in [0.5, 0.6) is 0 Å². The van der Waals surface area contributed by atoms with Gasteiger partial charge in [-0.15, -0.1) is 0 Å². The number of benzene rings is 1. The molecule has 0 heterocycles. The largest absolute Gasteiger partial charge is 0.313 e. The minimum Gasteiger partial charge on any atom is -0.313 e. The highest BCUT2D eigenvalue weighted by atomic mass is 32.2. The van der Waals surface area contributed by atoms with Gasteiger partial charge in [-0.3, -0.25) is 0 Å². The van der Waals surface area contributed by atoms with E-state index in [0.29, 0.717) is 11.4 Å². The summed E-state index contributed by atoms with van der Waals surface area (Å²) >= 11 is 0. The molecule has 2 rings (SSSR count). The monoisotopic (exact) mass is 296 g/mol. The van der Waals surface area contributed by atoms with E-state index in [1.165, 1.54) is 0 Å². The molecule has 1 aromatic rings. The lowest BCUT2D eigenvalue weighted by Gasteiger charge is -2.19. The summed E-state index contributed by atoms with van der Waals surface area (Å²) in [4.78, 5) is 0.477. The van der Waals surface area contributed by atoms with Crippen LogP contribution in [-0.4, -0.2) is 32.4 Å². The highest BCUT2D eigenvalue weighted by Gasteiger charge is 2.35. The van der Waals surface area contributed by atoms with Gasteiger partial charge in [0.15, 0.2) is 0 Å². The topological polar surface area (TPSA) is 49.4 Å². The molecule has 5 heteroatoms. The molecule has 0 unspecified atom stereocenters. The molecule has 0 bridgehead atoms. The molecule has 1 saturated carbocycles. The fourth-order valence-electron chi connectivity index (χ4n) is 2.30. The van der Waals surface area contributed by atoms with Crippen molar-refractivity contribution in [1.29, 1.82) is 0 Å². The van der Waals surface area contributed by atoms with Gasteiger partial charge in [-0.2, -0.15) is 4.31 Å². The van der Waals surface area contributed by atoms with Crippen molar-refractivity contribution in [3.8, 4) is 0 Å². The molecule has 1 aromatic carbocycles. The second-order valence-electron chi connectivity index (χ2n) is 5.33. The van der Waals surface area contributed by atoms with E-state index in [1.807, 2.05) is 32.0 Å². The van der Waals surface area contributed by atoms with Gasteiger partial charge in [0.2, 0.25) is 10.0 Å². The number of aryl methyl sites for hydroxylation is 1. The molecule has 1 fully saturated rings. The van der Waals surface area contributed by atoms with Crippen molar-refractivity contribution < 1.29 is 8.42 Å². The summed E-state index contributed by atoms with van der Waals surface area (Å²) in [6, 6.07) is 5.98. The van der Waals surface area contributed by atoms with Crippen LogP contribution >= 0.6 is 0 Å². The van der Waals surface area contributed by atoms with E-state index in [9.17, 15) is 8.42 Å². The first-order valence-corrected chi connectivity index (χ1v) is 8.75. The molecule has 1 aliphatic carbocycles. The summed E-state index contributed by atoms with van der Waals surface area (Å²) in [6.45, 7) is 5.62.